The SMILES string of the molecule is CC(=O)Nc1nn2c(-c3cccc(C)c3)nnc2s1. The predicted molar refractivity (Wildman–Crippen MR) is 73.1 cm³/mol. The van der Waals surface area contributed by atoms with Crippen molar-refractivity contribution in [2.45, 2.75) is 13.8 Å². The van der Waals surface area contributed by atoms with Crippen LogP contribution in [0.1, 0.15) is 12.5 Å². The number of aryl methyl sites for hydroxylation is 1. The van der Waals surface area contributed by atoms with E-state index in [9.17, 15) is 4.79 Å². The second-order valence-corrected chi connectivity index (χ2v) is 5.13. The van der Waals surface area contributed by atoms with Crippen molar-refractivity contribution in [1.29, 1.82) is 0 Å². The summed E-state index contributed by atoms with van der Waals surface area (Å²) in [6.45, 7) is 3.47. The maximum absolute atomic E-state index is 11.0. The summed E-state index contributed by atoms with van der Waals surface area (Å²) in [6, 6.07) is 7.97. The van der Waals surface area contributed by atoms with Gasteiger partial charge in [0.15, 0.2) is 5.82 Å². The van der Waals surface area contributed by atoms with E-state index in [-0.39, 0.29) is 5.91 Å². The first kappa shape index (κ1) is 11.8. The Morgan fingerprint density at radius 1 is 1.37 bits per heavy atom. The van der Waals surface area contributed by atoms with Gasteiger partial charge in [0.2, 0.25) is 16.0 Å². The number of nitrogens with one attached hydrogen (secondary N) is 1. The lowest BCUT2D eigenvalue weighted by Crippen LogP contribution is -2.05. The Morgan fingerprint density at radius 2 is 2.21 bits per heavy atom. The number of nitrogens with zero attached hydrogens (tertiary/aromatic N) is 4. The lowest BCUT2D eigenvalue weighted by Gasteiger charge is -1.98. The van der Waals surface area contributed by atoms with Crippen LogP contribution in [0.5, 0.6) is 0 Å². The first-order valence-electron chi connectivity index (χ1n) is 5.70. The van der Waals surface area contributed by atoms with Crippen molar-refractivity contribution in [3.05, 3.63) is 29.8 Å². The van der Waals surface area contributed by atoms with E-state index in [1.807, 2.05) is 31.2 Å². The molecule has 0 radical (unpaired) electrons. The van der Waals surface area contributed by atoms with Gasteiger partial charge in [0, 0.05) is 12.5 Å². The van der Waals surface area contributed by atoms with Crippen LogP contribution in [0.4, 0.5) is 5.13 Å². The molecular weight excluding hydrogens is 262 g/mol. The van der Waals surface area contributed by atoms with Crippen LogP contribution in [0.15, 0.2) is 24.3 Å². The summed E-state index contributed by atoms with van der Waals surface area (Å²) >= 11 is 1.29. The molecule has 7 heteroatoms. The third kappa shape index (κ3) is 2.19. The number of carbonyl (C=O) groups is 1. The Balaban J connectivity index is 2.09. The Hall–Kier alpha value is -2.28. The molecule has 0 aliphatic heterocycles. The molecule has 3 rings (SSSR count). The van der Waals surface area contributed by atoms with Crippen molar-refractivity contribution < 1.29 is 4.79 Å². The second kappa shape index (κ2) is 4.43. The molecule has 0 saturated carbocycles. The Labute approximate surface area is 113 Å². The van der Waals surface area contributed by atoms with Gasteiger partial charge < -0.3 is 5.32 Å². The summed E-state index contributed by atoms with van der Waals surface area (Å²) in [4.78, 5) is 11.7. The fourth-order valence-electron chi connectivity index (χ4n) is 1.78. The highest BCUT2D eigenvalue weighted by Gasteiger charge is 2.13. The molecule has 1 N–H and O–H groups in total. The molecule has 2 heterocycles. The number of anilines is 1. The Kier molecular flexibility index (Phi) is 2.75. The molecule has 19 heavy (non-hydrogen) atoms. The van der Waals surface area contributed by atoms with Crippen LogP contribution in [0.3, 0.4) is 0 Å². The number of aromatic nitrogens is 4. The van der Waals surface area contributed by atoms with Crippen LogP contribution in [0.2, 0.25) is 0 Å². The lowest BCUT2D eigenvalue weighted by molar-refractivity contribution is -0.114. The summed E-state index contributed by atoms with van der Waals surface area (Å²) in [5.74, 6) is 0.522. The fourth-order valence-corrected chi connectivity index (χ4v) is 2.57. The van der Waals surface area contributed by atoms with E-state index in [0.29, 0.717) is 15.9 Å². The van der Waals surface area contributed by atoms with Gasteiger partial charge in [-0.2, -0.15) is 4.52 Å². The molecule has 0 spiro atoms. The van der Waals surface area contributed by atoms with E-state index in [0.717, 1.165) is 11.1 Å². The highest BCUT2D eigenvalue weighted by Crippen LogP contribution is 2.24. The van der Waals surface area contributed by atoms with Gasteiger partial charge >= 0.3 is 0 Å². The zero-order valence-corrected chi connectivity index (χ0v) is 11.2. The molecule has 96 valence electrons. The van der Waals surface area contributed by atoms with Gasteiger partial charge in [0.05, 0.1) is 0 Å². The van der Waals surface area contributed by atoms with Crippen molar-refractivity contribution in [2.24, 2.45) is 0 Å². The number of benzene rings is 1. The number of fused-ring (bicyclic) bond motifs is 1. The summed E-state index contributed by atoms with van der Waals surface area (Å²) in [5.41, 5.74) is 2.10. The van der Waals surface area contributed by atoms with Crippen molar-refractivity contribution >= 4 is 27.3 Å². The molecular formula is C12H11N5OS. The van der Waals surface area contributed by atoms with Crippen molar-refractivity contribution in [3.63, 3.8) is 0 Å². The van der Waals surface area contributed by atoms with E-state index in [1.165, 1.54) is 18.3 Å². The minimum Gasteiger partial charge on any atom is -0.301 e. The number of rotatable bonds is 2. The minimum absolute atomic E-state index is 0.151. The fraction of sp³-hybridized carbons (Fsp3) is 0.167. The van der Waals surface area contributed by atoms with Crippen LogP contribution in [0, 0.1) is 6.92 Å². The maximum atomic E-state index is 11.0. The van der Waals surface area contributed by atoms with E-state index < -0.39 is 0 Å². The zero-order chi connectivity index (χ0) is 13.4. The van der Waals surface area contributed by atoms with E-state index in [4.69, 9.17) is 0 Å². The molecule has 2 aromatic heterocycles. The van der Waals surface area contributed by atoms with Crippen molar-refractivity contribution in [2.75, 3.05) is 5.32 Å². The monoisotopic (exact) mass is 273 g/mol. The van der Waals surface area contributed by atoms with Gasteiger partial charge in [-0.3, -0.25) is 4.79 Å². The quantitative estimate of drug-likeness (QED) is 0.776. The molecule has 0 saturated heterocycles. The highest BCUT2D eigenvalue weighted by molar-refractivity contribution is 7.20. The van der Waals surface area contributed by atoms with Gasteiger partial charge in [-0.05, 0) is 13.0 Å². The molecule has 0 bridgehead atoms. The van der Waals surface area contributed by atoms with Gasteiger partial charge in [-0.15, -0.1) is 15.3 Å². The van der Waals surface area contributed by atoms with Crippen LogP contribution in [-0.2, 0) is 4.79 Å². The topological polar surface area (TPSA) is 72.2 Å². The third-order valence-electron chi connectivity index (χ3n) is 2.55. The highest BCUT2D eigenvalue weighted by atomic mass is 32.1. The van der Waals surface area contributed by atoms with Gasteiger partial charge in [-0.25, -0.2) is 0 Å². The molecule has 0 unspecified atom stereocenters. The first-order chi connectivity index (χ1) is 9.13. The maximum Gasteiger partial charge on any atom is 0.236 e. The first-order valence-corrected chi connectivity index (χ1v) is 6.52. The lowest BCUT2D eigenvalue weighted by atomic mass is 10.1. The van der Waals surface area contributed by atoms with Crippen LogP contribution in [0.25, 0.3) is 16.3 Å². The van der Waals surface area contributed by atoms with E-state index in [2.05, 4.69) is 20.6 Å². The predicted octanol–water partition coefficient (Wildman–Crippen LogP) is 2.12. The zero-order valence-electron chi connectivity index (χ0n) is 10.4. The van der Waals surface area contributed by atoms with Crippen LogP contribution in [-0.4, -0.2) is 25.7 Å². The number of hydrogen-bond acceptors (Lipinski definition) is 5. The van der Waals surface area contributed by atoms with Gasteiger partial charge in [0.1, 0.15) is 0 Å². The number of hydrogen-bond donors (Lipinski definition) is 1. The van der Waals surface area contributed by atoms with E-state index in [1.54, 1.807) is 4.52 Å². The molecule has 0 aliphatic carbocycles. The largest absolute Gasteiger partial charge is 0.301 e. The molecule has 0 fully saturated rings. The van der Waals surface area contributed by atoms with Crippen LogP contribution < -0.4 is 5.32 Å². The molecule has 1 amide bonds. The normalized spacial score (nSPS) is 10.8. The Morgan fingerprint density at radius 3 is 2.95 bits per heavy atom. The number of carbonyl (C=O) groups excluding carboxylic acids is 1. The van der Waals surface area contributed by atoms with Crippen LogP contribution >= 0.6 is 11.3 Å². The molecule has 3 aromatic rings. The van der Waals surface area contributed by atoms with Gasteiger partial charge in [0.25, 0.3) is 0 Å². The molecule has 0 atom stereocenters. The molecule has 0 aliphatic rings. The second-order valence-electron chi connectivity index (χ2n) is 4.18. The van der Waals surface area contributed by atoms with Crippen molar-refractivity contribution in [3.8, 4) is 11.4 Å². The smallest absolute Gasteiger partial charge is 0.236 e. The standard InChI is InChI=1S/C12H11N5OS/c1-7-4-3-5-9(6-7)10-14-15-12-17(10)16-11(19-12)13-8(2)18/h3-6H,1-2H3,(H,13,16,18). The summed E-state index contributed by atoms with van der Waals surface area (Å²) in [6.07, 6.45) is 0. The summed E-state index contributed by atoms with van der Waals surface area (Å²) in [7, 11) is 0. The van der Waals surface area contributed by atoms with Crippen molar-refractivity contribution in [1.82, 2.24) is 19.8 Å². The molecule has 1 aromatic carbocycles. The third-order valence-corrected chi connectivity index (χ3v) is 3.36. The number of amides is 1. The average molecular weight is 273 g/mol. The average Bonchev–Trinajstić information content (AvgIpc) is 2.87. The Bertz CT molecular complexity index is 760. The minimum atomic E-state index is -0.151. The van der Waals surface area contributed by atoms with E-state index >= 15 is 0 Å². The summed E-state index contributed by atoms with van der Waals surface area (Å²) < 4.78 is 1.64. The van der Waals surface area contributed by atoms with Gasteiger partial charge in [-0.1, -0.05) is 35.1 Å². The summed E-state index contributed by atoms with van der Waals surface area (Å²) in [5, 5.41) is 15.7. The molecule has 6 nitrogen and oxygen atoms in total.